The molecule has 8 heteroatoms. The maximum absolute atomic E-state index is 5.90. The summed E-state index contributed by atoms with van der Waals surface area (Å²) >= 11 is 10.5. The summed E-state index contributed by atoms with van der Waals surface area (Å²) in [5, 5.41) is 17.4. The highest BCUT2D eigenvalue weighted by molar-refractivity contribution is 8.03. The van der Waals surface area contributed by atoms with Gasteiger partial charge in [-0.25, -0.2) is 0 Å². The van der Waals surface area contributed by atoms with Gasteiger partial charge in [-0.3, -0.25) is 0 Å². The fourth-order valence-corrected chi connectivity index (χ4v) is 3.67. The van der Waals surface area contributed by atoms with Crippen LogP contribution in [0.1, 0.15) is 11.1 Å². The van der Waals surface area contributed by atoms with Gasteiger partial charge in [0, 0.05) is 0 Å². The molecule has 0 aliphatic carbocycles. The molecule has 0 amide bonds. The van der Waals surface area contributed by atoms with Crippen LogP contribution in [0.4, 0.5) is 0 Å². The van der Waals surface area contributed by atoms with E-state index in [2.05, 4.69) is 20.4 Å². The van der Waals surface area contributed by atoms with E-state index in [4.69, 9.17) is 11.6 Å². The predicted molar refractivity (Wildman–Crippen MR) is 72.3 cm³/mol. The summed E-state index contributed by atoms with van der Waals surface area (Å²) in [6.45, 7) is 3.92. The van der Waals surface area contributed by atoms with E-state index in [1.165, 1.54) is 11.8 Å². The molecule has 2 aromatic rings. The molecule has 0 radical (unpaired) electrons. The molecule has 0 atom stereocenters. The van der Waals surface area contributed by atoms with Gasteiger partial charge in [-0.2, -0.15) is 0 Å². The molecule has 90 valence electrons. The van der Waals surface area contributed by atoms with E-state index >= 15 is 0 Å². The Kier molecular flexibility index (Phi) is 4.24. The van der Waals surface area contributed by atoms with Crippen LogP contribution in [0.15, 0.2) is 13.7 Å². The lowest BCUT2D eigenvalue weighted by Crippen LogP contribution is -1.94. The van der Waals surface area contributed by atoms with Crippen LogP contribution in [0, 0.1) is 13.8 Å². The zero-order chi connectivity index (χ0) is 12.4. The minimum atomic E-state index is 0.453. The molecular formula is C9H9ClN4S3. The SMILES string of the molecule is CSc1nnc(Sc2nnc(Cl)c(C)c2C)s1. The third-order valence-electron chi connectivity index (χ3n) is 2.17. The van der Waals surface area contributed by atoms with E-state index < -0.39 is 0 Å². The number of thioether (sulfide) groups is 1. The van der Waals surface area contributed by atoms with Gasteiger partial charge in [0.15, 0.2) is 13.8 Å². The highest BCUT2D eigenvalue weighted by Gasteiger charge is 2.12. The van der Waals surface area contributed by atoms with Crippen LogP contribution in [-0.4, -0.2) is 26.7 Å². The molecule has 0 aliphatic heterocycles. The largest absolute Gasteiger partial charge is 0.181 e. The zero-order valence-electron chi connectivity index (χ0n) is 9.39. The zero-order valence-corrected chi connectivity index (χ0v) is 12.6. The number of rotatable bonds is 3. The molecule has 0 fully saturated rings. The predicted octanol–water partition coefficient (Wildman–Crippen LogP) is 3.47. The van der Waals surface area contributed by atoms with Crippen molar-refractivity contribution in [3.8, 4) is 0 Å². The highest BCUT2D eigenvalue weighted by atomic mass is 35.5. The average molecular weight is 305 g/mol. The van der Waals surface area contributed by atoms with E-state index in [9.17, 15) is 0 Å². The number of halogens is 1. The molecule has 0 N–H and O–H groups in total. The van der Waals surface area contributed by atoms with Crippen molar-refractivity contribution in [3.05, 3.63) is 16.3 Å². The van der Waals surface area contributed by atoms with Crippen LogP contribution in [0.2, 0.25) is 5.15 Å². The Balaban J connectivity index is 2.27. The van der Waals surface area contributed by atoms with E-state index in [0.717, 1.165) is 24.8 Å². The fourth-order valence-electron chi connectivity index (χ4n) is 1.05. The van der Waals surface area contributed by atoms with Gasteiger partial charge in [-0.1, -0.05) is 34.7 Å². The van der Waals surface area contributed by atoms with Gasteiger partial charge in [0.1, 0.15) is 5.03 Å². The monoisotopic (exact) mass is 304 g/mol. The maximum Gasteiger partial charge on any atom is 0.181 e. The van der Waals surface area contributed by atoms with E-state index in [0.29, 0.717) is 5.15 Å². The number of hydrogen-bond donors (Lipinski definition) is 0. The van der Waals surface area contributed by atoms with Crippen LogP contribution in [0.5, 0.6) is 0 Å². The van der Waals surface area contributed by atoms with Gasteiger partial charge in [0.2, 0.25) is 0 Å². The van der Waals surface area contributed by atoms with Crippen LogP contribution >= 0.6 is 46.5 Å². The first-order chi connectivity index (χ1) is 8.11. The fraction of sp³-hybridized carbons (Fsp3) is 0.333. The smallest absolute Gasteiger partial charge is 0.142 e. The summed E-state index contributed by atoms with van der Waals surface area (Å²) in [6, 6.07) is 0. The molecule has 0 spiro atoms. The summed E-state index contributed by atoms with van der Waals surface area (Å²) in [5.74, 6) is 0. The Hall–Kier alpha value is -0.370. The van der Waals surface area contributed by atoms with E-state index in [1.807, 2.05) is 20.1 Å². The Morgan fingerprint density at radius 2 is 1.71 bits per heavy atom. The molecule has 0 unspecified atom stereocenters. The molecule has 0 bridgehead atoms. The number of aromatic nitrogens is 4. The van der Waals surface area contributed by atoms with E-state index in [-0.39, 0.29) is 0 Å². The van der Waals surface area contributed by atoms with Gasteiger partial charge in [0.25, 0.3) is 0 Å². The molecular weight excluding hydrogens is 296 g/mol. The van der Waals surface area contributed by atoms with Crippen LogP contribution in [-0.2, 0) is 0 Å². The summed E-state index contributed by atoms with van der Waals surface area (Å²) < 4.78 is 1.82. The van der Waals surface area contributed by atoms with Crippen molar-refractivity contribution in [1.29, 1.82) is 0 Å². The average Bonchev–Trinajstić information content (AvgIpc) is 2.78. The highest BCUT2D eigenvalue weighted by Crippen LogP contribution is 2.34. The summed E-state index contributed by atoms with van der Waals surface area (Å²) in [7, 11) is 0. The normalized spacial score (nSPS) is 10.8. The molecule has 17 heavy (non-hydrogen) atoms. The van der Waals surface area contributed by atoms with Crippen molar-refractivity contribution in [3.63, 3.8) is 0 Å². The quantitative estimate of drug-likeness (QED) is 0.809. The number of hydrogen-bond acceptors (Lipinski definition) is 7. The third-order valence-corrected chi connectivity index (χ3v) is 5.56. The maximum atomic E-state index is 5.90. The summed E-state index contributed by atoms with van der Waals surface area (Å²) in [4.78, 5) is 0. The van der Waals surface area contributed by atoms with Crippen LogP contribution in [0.25, 0.3) is 0 Å². The van der Waals surface area contributed by atoms with E-state index in [1.54, 1.807) is 23.1 Å². The van der Waals surface area contributed by atoms with Crippen molar-refractivity contribution in [2.75, 3.05) is 6.26 Å². The van der Waals surface area contributed by atoms with Crippen molar-refractivity contribution in [2.45, 2.75) is 27.6 Å². The number of nitrogens with zero attached hydrogens (tertiary/aromatic N) is 4. The van der Waals surface area contributed by atoms with Gasteiger partial charge >= 0.3 is 0 Å². The first-order valence-corrected chi connectivity index (χ1v) is 7.90. The van der Waals surface area contributed by atoms with Crippen molar-refractivity contribution < 1.29 is 0 Å². The Bertz CT molecular complexity index is 543. The molecule has 0 saturated heterocycles. The van der Waals surface area contributed by atoms with Crippen molar-refractivity contribution in [2.24, 2.45) is 0 Å². The first kappa shape index (κ1) is 13.1. The van der Waals surface area contributed by atoms with Gasteiger partial charge in [0.05, 0.1) is 0 Å². The van der Waals surface area contributed by atoms with Gasteiger partial charge < -0.3 is 0 Å². The molecule has 0 aliphatic rings. The lowest BCUT2D eigenvalue weighted by Gasteiger charge is -2.04. The van der Waals surface area contributed by atoms with Crippen molar-refractivity contribution >= 4 is 46.5 Å². The van der Waals surface area contributed by atoms with Crippen LogP contribution in [0.3, 0.4) is 0 Å². The van der Waals surface area contributed by atoms with Crippen molar-refractivity contribution in [1.82, 2.24) is 20.4 Å². The second-order valence-corrected chi connectivity index (χ2v) is 6.81. The Morgan fingerprint density at radius 1 is 1.00 bits per heavy atom. The second-order valence-electron chi connectivity index (χ2n) is 3.19. The molecule has 4 nitrogen and oxygen atoms in total. The summed E-state index contributed by atoms with van der Waals surface area (Å²) in [5.41, 5.74) is 2.00. The van der Waals surface area contributed by atoms with Gasteiger partial charge in [-0.15, -0.1) is 20.4 Å². The minimum absolute atomic E-state index is 0.453. The molecule has 0 saturated carbocycles. The third kappa shape index (κ3) is 2.90. The molecule has 2 rings (SSSR count). The second kappa shape index (κ2) is 5.51. The Morgan fingerprint density at radius 3 is 2.35 bits per heavy atom. The standard InChI is InChI=1S/C9H9ClN4S3/c1-4-5(2)7(12-11-6(4)10)16-9-14-13-8(15-3)17-9/h1-3H3. The lowest BCUT2D eigenvalue weighted by atomic mass is 10.2. The molecule has 0 aromatic carbocycles. The molecule has 2 heterocycles. The van der Waals surface area contributed by atoms with Crippen LogP contribution < -0.4 is 0 Å². The Labute approximate surface area is 117 Å². The molecule has 2 aromatic heterocycles. The summed E-state index contributed by atoms with van der Waals surface area (Å²) in [6.07, 6.45) is 1.98. The lowest BCUT2D eigenvalue weighted by molar-refractivity contribution is 0.887. The van der Waals surface area contributed by atoms with Gasteiger partial charge in [-0.05, 0) is 43.0 Å². The first-order valence-electron chi connectivity index (χ1n) is 4.66. The minimum Gasteiger partial charge on any atom is -0.142 e. The topological polar surface area (TPSA) is 51.6 Å².